The van der Waals surface area contributed by atoms with Gasteiger partial charge in [-0.3, -0.25) is 0 Å². The highest BCUT2D eigenvalue weighted by atomic mass is 32.1. The highest BCUT2D eigenvalue weighted by Gasteiger charge is 2.40. The second-order valence-corrected chi connectivity index (χ2v) is 41.9. The van der Waals surface area contributed by atoms with Crippen molar-refractivity contribution in [3.63, 3.8) is 0 Å². The van der Waals surface area contributed by atoms with E-state index in [2.05, 4.69) is 474 Å². The van der Waals surface area contributed by atoms with Gasteiger partial charge in [-0.1, -0.05) is 375 Å². The number of hydrogen-bond acceptors (Lipinski definition) is 3. The lowest BCUT2D eigenvalue weighted by Crippen LogP contribution is -2.16. The molecule has 27 aromatic rings. The molecule has 6 heteroatoms. The smallest absolute Gasteiger partial charge is 0.0726 e. The summed E-state index contributed by atoms with van der Waals surface area (Å²) in [5.41, 5.74) is 35.4. The Labute approximate surface area is 793 Å². The van der Waals surface area contributed by atoms with Crippen LogP contribution in [0, 0.1) is 0 Å². The monoisotopic (exact) mass is 1770 g/mol. The summed E-state index contributed by atoms with van der Waals surface area (Å²) in [5.74, 6) is 0. The molecule has 0 saturated carbocycles. The van der Waals surface area contributed by atoms with Crippen LogP contribution in [0.2, 0.25) is 0 Å². The number of aromatic nitrogens is 3. The van der Waals surface area contributed by atoms with Gasteiger partial charge in [0.05, 0.1) is 42.5 Å². The standard InChI is InChI=1S/3C43H29NS/c1-43(2)35-19-8-5-12-29(35)32-18-11-17-28(40(32)43)26-22-24-27(25-23-26)44-36-20-9-6-15-33(36)38-30-13-3-4-14-31(30)39-34-16-7-10-21-37(34)45-42(39)41(38)44;1-43(2)35-16-8-5-11-29(35)30-24-21-27(25-36(30)43)26-19-22-28(23-20-26)44-37-17-9-6-14-33(37)40-41(44)32-13-4-3-12-31(32)39-34-15-7-10-18-38(34)45-42(39)40;1-43(2)36-13-7-5-11-31(36)35-25-28(17-23-37(35)43)26-15-19-29(20-16-26)44-38-24-18-27-9-3-4-10-30(27)40(38)34-22-21-33-32-12-6-8-14-39(32)45-42(33)41(34)44/h3*3-25H,1-2H3. The van der Waals surface area contributed by atoms with Crippen molar-refractivity contribution >= 4 is 192 Å². The molecule has 0 unspecified atom stereocenters. The van der Waals surface area contributed by atoms with Crippen LogP contribution in [0.15, 0.2) is 419 Å². The lowest BCUT2D eigenvalue weighted by molar-refractivity contribution is 0.660. The predicted molar refractivity (Wildman–Crippen MR) is 583 cm³/mol. The van der Waals surface area contributed by atoms with Gasteiger partial charge >= 0.3 is 0 Å². The van der Waals surface area contributed by atoms with Gasteiger partial charge in [-0.2, -0.15) is 0 Å². The van der Waals surface area contributed by atoms with E-state index in [1.54, 1.807) is 0 Å². The van der Waals surface area contributed by atoms with Gasteiger partial charge in [-0.15, -0.1) is 34.0 Å². The van der Waals surface area contributed by atoms with Crippen molar-refractivity contribution in [1.29, 1.82) is 0 Å². The number of hydrogen-bond donors (Lipinski definition) is 0. The Hall–Kier alpha value is -15.5. The van der Waals surface area contributed by atoms with Crippen molar-refractivity contribution in [2.24, 2.45) is 0 Å². The Morgan fingerprint density at radius 2 is 0.585 bits per heavy atom. The molecule has 21 aromatic carbocycles. The molecule has 636 valence electrons. The molecule has 0 spiro atoms. The Morgan fingerprint density at radius 3 is 1.22 bits per heavy atom. The van der Waals surface area contributed by atoms with Gasteiger partial charge in [0.15, 0.2) is 0 Å². The summed E-state index contributed by atoms with van der Waals surface area (Å²) in [6.07, 6.45) is 0. The minimum Gasteiger partial charge on any atom is -0.309 e. The van der Waals surface area contributed by atoms with Crippen LogP contribution < -0.4 is 0 Å². The van der Waals surface area contributed by atoms with Crippen molar-refractivity contribution in [3.05, 3.63) is 452 Å². The summed E-state index contributed by atoms with van der Waals surface area (Å²) in [6.45, 7) is 14.1. The van der Waals surface area contributed by atoms with Crippen LogP contribution >= 0.6 is 34.0 Å². The van der Waals surface area contributed by atoms with Crippen molar-refractivity contribution in [1.82, 2.24) is 13.7 Å². The van der Waals surface area contributed by atoms with E-state index in [4.69, 9.17) is 0 Å². The Kier molecular flexibility index (Phi) is 16.9. The zero-order valence-electron chi connectivity index (χ0n) is 75.4. The Morgan fingerprint density at radius 1 is 0.185 bits per heavy atom. The van der Waals surface area contributed by atoms with E-state index in [1.165, 1.54) is 275 Å². The van der Waals surface area contributed by atoms with E-state index in [9.17, 15) is 0 Å². The molecule has 0 aliphatic heterocycles. The van der Waals surface area contributed by atoms with E-state index in [0.29, 0.717) is 0 Å². The molecule has 3 nitrogen and oxygen atoms in total. The van der Waals surface area contributed by atoms with Crippen molar-refractivity contribution in [2.75, 3.05) is 0 Å². The lowest BCUT2D eigenvalue weighted by Gasteiger charge is -2.24. The van der Waals surface area contributed by atoms with Gasteiger partial charge in [0.25, 0.3) is 0 Å². The van der Waals surface area contributed by atoms with E-state index >= 15 is 0 Å². The number of thiophene rings is 3. The van der Waals surface area contributed by atoms with E-state index < -0.39 is 0 Å². The molecule has 3 aliphatic rings. The number of benzene rings is 21. The zero-order valence-corrected chi connectivity index (χ0v) is 77.9. The van der Waals surface area contributed by atoms with Gasteiger partial charge in [-0.05, 0) is 212 Å². The van der Waals surface area contributed by atoms with Crippen LogP contribution in [0.1, 0.15) is 74.9 Å². The first-order valence-corrected chi connectivity index (χ1v) is 49.5. The molecule has 0 saturated heterocycles. The number of para-hydroxylation sites is 2. The maximum absolute atomic E-state index is 2.51. The molecule has 0 bridgehead atoms. The lowest BCUT2D eigenvalue weighted by atomic mass is 9.79. The van der Waals surface area contributed by atoms with Crippen molar-refractivity contribution in [2.45, 2.75) is 57.8 Å². The minimum atomic E-state index is -0.0537. The molecule has 30 rings (SSSR count). The predicted octanol–water partition coefficient (Wildman–Crippen LogP) is 36.8. The minimum absolute atomic E-state index is 0.0101. The molecular formula is C129H87N3S3. The van der Waals surface area contributed by atoms with Gasteiger partial charge < -0.3 is 13.7 Å². The van der Waals surface area contributed by atoms with Gasteiger partial charge in [-0.25, -0.2) is 0 Å². The largest absolute Gasteiger partial charge is 0.309 e. The Bertz CT molecular complexity index is 9770. The average Bonchev–Trinajstić information content (AvgIpc) is 1.55. The molecule has 6 heterocycles. The molecule has 0 atom stereocenters. The summed E-state index contributed by atoms with van der Waals surface area (Å²) >= 11 is 5.74. The fraction of sp³-hybridized carbons (Fsp3) is 0.0698. The van der Waals surface area contributed by atoms with E-state index in [-0.39, 0.29) is 16.2 Å². The zero-order chi connectivity index (χ0) is 89.6. The maximum atomic E-state index is 2.51. The topological polar surface area (TPSA) is 14.8 Å². The van der Waals surface area contributed by atoms with Crippen molar-refractivity contribution in [3.8, 4) is 83.8 Å². The number of rotatable bonds is 6. The third-order valence-electron chi connectivity index (χ3n) is 30.6. The fourth-order valence-electron chi connectivity index (χ4n) is 24.4. The third kappa shape index (κ3) is 11.3. The van der Waals surface area contributed by atoms with Gasteiger partial charge in [0.1, 0.15) is 0 Å². The summed E-state index contributed by atoms with van der Waals surface area (Å²) in [7, 11) is 0. The number of nitrogens with zero attached hydrogens (tertiary/aromatic N) is 3. The van der Waals surface area contributed by atoms with Crippen LogP contribution in [-0.2, 0) is 16.2 Å². The molecular weight excluding hydrogens is 1690 g/mol. The second kappa shape index (κ2) is 29.2. The van der Waals surface area contributed by atoms with Crippen LogP contribution in [0.5, 0.6) is 0 Å². The molecule has 0 N–H and O–H groups in total. The third-order valence-corrected chi connectivity index (χ3v) is 34.1. The summed E-state index contributed by atoms with van der Waals surface area (Å²) in [5, 5.41) is 23.8. The Balaban J connectivity index is 0.000000101. The van der Waals surface area contributed by atoms with Crippen LogP contribution in [0.3, 0.4) is 0 Å². The van der Waals surface area contributed by atoms with Gasteiger partial charge in [0, 0.05) is 122 Å². The molecule has 6 aromatic heterocycles. The van der Waals surface area contributed by atoms with Crippen LogP contribution in [-0.4, -0.2) is 13.7 Å². The van der Waals surface area contributed by atoms with Gasteiger partial charge in [0.2, 0.25) is 0 Å². The molecule has 3 aliphatic carbocycles. The summed E-state index contributed by atoms with van der Waals surface area (Å²) in [4.78, 5) is 0. The fourth-order valence-corrected chi connectivity index (χ4v) is 28.1. The SMILES string of the molecule is CC1(C)c2ccccc2-c2cc(-c3ccc(-n4c5ccc6ccccc6c5c5ccc6c7ccccc7sc6c54)cc3)ccc21.CC1(C)c2ccccc2-c2ccc(-c3ccc(-n4c5ccccc5c5c6sc7ccccc7c6c6ccccc6c54)cc3)cc21.CC1(C)c2ccccc2-c2cccc(-c3ccc(-n4c5ccccc5c5c6ccccc6c6c7ccccc7sc6c54)cc3)c21. The molecule has 135 heavy (non-hydrogen) atoms. The first kappa shape index (κ1) is 78.1. The number of fused-ring (bicyclic) bond motifs is 38. The summed E-state index contributed by atoms with van der Waals surface area (Å²) in [6, 6.07) is 156. The highest BCUT2D eigenvalue weighted by molar-refractivity contribution is 7.28. The molecule has 0 amide bonds. The first-order chi connectivity index (χ1) is 66.3. The van der Waals surface area contributed by atoms with Crippen LogP contribution in [0.25, 0.3) is 242 Å². The van der Waals surface area contributed by atoms with E-state index in [0.717, 1.165) is 0 Å². The molecule has 0 radical (unpaired) electrons. The maximum Gasteiger partial charge on any atom is 0.0726 e. The average molecular weight is 1780 g/mol. The second-order valence-electron chi connectivity index (χ2n) is 38.7. The normalized spacial score (nSPS) is 13.7. The van der Waals surface area contributed by atoms with Crippen LogP contribution in [0.4, 0.5) is 0 Å². The first-order valence-electron chi connectivity index (χ1n) is 47.1. The highest BCUT2D eigenvalue weighted by Crippen LogP contribution is 2.57. The molecule has 0 fully saturated rings. The van der Waals surface area contributed by atoms with Crippen molar-refractivity contribution < 1.29 is 0 Å². The summed E-state index contributed by atoms with van der Waals surface area (Å²) < 4.78 is 15.6. The van der Waals surface area contributed by atoms with E-state index in [1.807, 2.05) is 34.0 Å². The quantitative estimate of drug-likeness (QED) is 0.158.